The van der Waals surface area contributed by atoms with E-state index >= 15 is 0 Å². The topological polar surface area (TPSA) is 81.1 Å². The van der Waals surface area contributed by atoms with Crippen LogP contribution in [0.1, 0.15) is 35.1 Å². The first-order chi connectivity index (χ1) is 12.3. The van der Waals surface area contributed by atoms with Crippen LogP contribution < -0.4 is 15.4 Å². The second-order valence-corrected chi connectivity index (χ2v) is 5.98. The molecule has 2 N–H and O–H groups in total. The lowest BCUT2D eigenvalue weighted by Crippen LogP contribution is -2.30. The fourth-order valence-corrected chi connectivity index (χ4v) is 2.88. The molecule has 1 aromatic heterocycles. The molecule has 26 heavy (non-hydrogen) atoms. The number of benzene rings is 1. The van der Waals surface area contributed by atoms with Gasteiger partial charge in [0.05, 0.1) is 11.7 Å². The van der Waals surface area contributed by atoms with Crippen LogP contribution >= 0.6 is 0 Å². The number of nitrogens with zero attached hydrogens (tertiary/aromatic N) is 3. The Morgan fingerprint density at radius 3 is 2.54 bits per heavy atom. The molecular weight excluding hydrogens is 351 g/mol. The fraction of sp³-hybridized carbons (Fsp3) is 0.438. The summed E-state index contributed by atoms with van der Waals surface area (Å²) >= 11 is 0. The first kappa shape index (κ1) is 18.2. The molecule has 1 aliphatic rings. The Bertz CT molecular complexity index is 767. The van der Waals surface area contributed by atoms with E-state index in [0.717, 1.165) is 38.1 Å². The van der Waals surface area contributed by atoms with E-state index in [1.807, 2.05) is 0 Å². The van der Waals surface area contributed by atoms with Crippen LogP contribution in [-0.2, 0) is 0 Å². The van der Waals surface area contributed by atoms with Crippen molar-refractivity contribution in [2.24, 2.45) is 0 Å². The van der Waals surface area contributed by atoms with Gasteiger partial charge in [-0.15, -0.1) is 18.3 Å². The highest BCUT2D eigenvalue weighted by atomic mass is 19.4. The van der Waals surface area contributed by atoms with Crippen LogP contribution in [0, 0.1) is 6.92 Å². The van der Waals surface area contributed by atoms with Crippen LogP contribution in [0.2, 0.25) is 0 Å². The normalized spacial score (nSPS) is 15.7. The summed E-state index contributed by atoms with van der Waals surface area (Å²) in [5.74, 6) is -0.823. The molecule has 0 aliphatic carbocycles. The van der Waals surface area contributed by atoms with Crippen molar-refractivity contribution >= 4 is 11.6 Å². The molecule has 1 fully saturated rings. The first-order valence-electron chi connectivity index (χ1n) is 8.13. The van der Waals surface area contributed by atoms with E-state index in [0.29, 0.717) is 11.4 Å². The molecule has 1 saturated heterocycles. The van der Waals surface area contributed by atoms with Gasteiger partial charge in [-0.3, -0.25) is 4.79 Å². The Hall–Kier alpha value is -2.62. The van der Waals surface area contributed by atoms with Gasteiger partial charge in [-0.05, 0) is 57.1 Å². The number of hydrogen-bond acceptors (Lipinski definition) is 5. The molecule has 0 bridgehead atoms. The molecule has 0 unspecified atom stereocenters. The summed E-state index contributed by atoms with van der Waals surface area (Å²) < 4.78 is 42.0. The number of nitrogens with one attached hydrogen (secondary N) is 2. The molecule has 1 aliphatic heterocycles. The Kier molecular flexibility index (Phi) is 5.12. The predicted octanol–water partition coefficient (Wildman–Crippen LogP) is 2.66. The van der Waals surface area contributed by atoms with Crippen LogP contribution in [0.25, 0.3) is 0 Å². The van der Waals surface area contributed by atoms with Crippen LogP contribution in [-0.4, -0.2) is 40.4 Å². The van der Waals surface area contributed by atoms with Crippen molar-refractivity contribution in [2.45, 2.75) is 32.2 Å². The average Bonchev–Trinajstić information content (AvgIpc) is 2.98. The van der Waals surface area contributed by atoms with Crippen molar-refractivity contribution in [2.75, 3.05) is 18.4 Å². The Morgan fingerprint density at radius 2 is 1.92 bits per heavy atom. The second-order valence-electron chi connectivity index (χ2n) is 5.98. The lowest BCUT2D eigenvalue weighted by atomic mass is 10.1. The van der Waals surface area contributed by atoms with Gasteiger partial charge in [0.2, 0.25) is 0 Å². The number of carbonyl (C=O) groups excluding carboxylic acids is 1. The molecule has 2 heterocycles. The molecule has 10 heteroatoms. The van der Waals surface area contributed by atoms with E-state index in [1.165, 1.54) is 12.1 Å². The third kappa shape index (κ3) is 4.31. The third-order valence-corrected chi connectivity index (χ3v) is 4.14. The molecular formula is C16H18F3N5O2. The standard InChI is InChI=1S/C16H18F3N5O2/c1-10-14(22-23-24(10)12-6-8-20-9-7-12)15(25)21-11-2-4-13(5-3-11)26-16(17,18)19/h2-5,12,20H,6-9H2,1H3,(H,21,25). The van der Waals surface area contributed by atoms with Crippen LogP contribution in [0.4, 0.5) is 18.9 Å². The predicted molar refractivity (Wildman–Crippen MR) is 87.0 cm³/mol. The summed E-state index contributed by atoms with van der Waals surface area (Å²) in [7, 11) is 0. The molecule has 3 rings (SSSR count). The number of halogens is 3. The van der Waals surface area contributed by atoms with Gasteiger partial charge in [0, 0.05) is 5.69 Å². The van der Waals surface area contributed by atoms with Gasteiger partial charge in [0.1, 0.15) is 5.75 Å². The summed E-state index contributed by atoms with van der Waals surface area (Å²) in [5.41, 5.74) is 1.19. The minimum absolute atomic E-state index is 0.194. The molecule has 1 aromatic carbocycles. The van der Waals surface area contributed by atoms with Crippen molar-refractivity contribution in [3.63, 3.8) is 0 Å². The van der Waals surface area contributed by atoms with Gasteiger partial charge >= 0.3 is 6.36 Å². The number of carbonyl (C=O) groups is 1. The number of piperidine rings is 1. The van der Waals surface area contributed by atoms with Crippen molar-refractivity contribution in [3.05, 3.63) is 35.7 Å². The molecule has 0 atom stereocenters. The Balaban J connectivity index is 1.67. The van der Waals surface area contributed by atoms with E-state index < -0.39 is 12.3 Å². The summed E-state index contributed by atoms with van der Waals surface area (Å²) in [6, 6.07) is 5.10. The largest absolute Gasteiger partial charge is 0.573 e. The third-order valence-electron chi connectivity index (χ3n) is 4.14. The number of aromatic nitrogens is 3. The van der Waals surface area contributed by atoms with E-state index in [2.05, 4.69) is 25.7 Å². The fourth-order valence-electron chi connectivity index (χ4n) is 2.88. The van der Waals surface area contributed by atoms with Gasteiger partial charge in [-0.1, -0.05) is 5.21 Å². The van der Waals surface area contributed by atoms with Crippen LogP contribution in [0.5, 0.6) is 5.75 Å². The van der Waals surface area contributed by atoms with Gasteiger partial charge in [-0.25, -0.2) is 4.68 Å². The quantitative estimate of drug-likeness (QED) is 0.866. The summed E-state index contributed by atoms with van der Waals surface area (Å²) in [6.07, 6.45) is -2.94. The molecule has 140 valence electrons. The molecule has 1 amide bonds. The summed E-state index contributed by atoms with van der Waals surface area (Å²) in [6.45, 7) is 3.55. The second kappa shape index (κ2) is 7.32. The van der Waals surface area contributed by atoms with Crippen molar-refractivity contribution in [1.29, 1.82) is 0 Å². The zero-order chi connectivity index (χ0) is 18.7. The van der Waals surface area contributed by atoms with Gasteiger partial charge < -0.3 is 15.4 Å². The zero-order valence-corrected chi connectivity index (χ0v) is 14.0. The highest BCUT2D eigenvalue weighted by Crippen LogP contribution is 2.24. The van der Waals surface area contributed by atoms with Crippen molar-refractivity contribution in [3.8, 4) is 5.75 Å². The highest BCUT2D eigenvalue weighted by Gasteiger charge is 2.31. The smallest absolute Gasteiger partial charge is 0.406 e. The Morgan fingerprint density at radius 1 is 1.27 bits per heavy atom. The molecule has 2 aromatic rings. The number of amides is 1. The Labute approximate surface area is 147 Å². The number of rotatable bonds is 4. The van der Waals surface area contributed by atoms with Crippen LogP contribution in [0.15, 0.2) is 24.3 Å². The van der Waals surface area contributed by atoms with Crippen LogP contribution in [0.3, 0.4) is 0 Å². The van der Waals surface area contributed by atoms with E-state index in [1.54, 1.807) is 11.6 Å². The zero-order valence-electron chi connectivity index (χ0n) is 14.0. The molecule has 0 spiro atoms. The highest BCUT2D eigenvalue weighted by molar-refractivity contribution is 6.03. The minimum atomic E-state index is -4.75. The van der Waals surface area contributed by atoms with E-state index in [4.69, 9.17) is 0 Å². The van der Waals surface area contributed by atoms with E-state index in [9.17, 15) is 18.0 Å². The molecule has 7 nitrogen and oxygen atoms in total. The number of hydrogen-bond donors (Lipinski definition) is 2. The van der Waals surface area contributed by atoms with Gasteiger partial charge in [-0.2, -0.15) is 0 Å². The van der Waals surface area contributed by atoms with E-state index in [-0.39, 0.29) is 17.5 Å². The monoisotopic (exact) mass is 369 g/mol. The van der Waals surface area contributed by atoms with Crippen molar-refractivity contribution in [1.82, 2.24) is 20.3 Å². The average molecular weight is 369 g/mol. The molecule has 0 saturated carbocycles. The lowest BCUT2D eigenvalue weighted by Gasteiger charge is -2.23. The maximum absolute atomic E-state index is 12.4. The van der Waals surface area contributed by atoms with Gasteiger partial charge in [0.15, 0.2) is 5.69 Å². The summed E-state index contributed by atoms with van der Waals surface area (Å²) in [5, 5.41) is 13.9. The minimum Gasteiger partial charge on any atom is -0.406 e. The maximum Gasteiger partial charge on any atom is 0.573 e. The lowest BCUT2D eigenvalue weighted by molar-refractivity contribution is -0.274. The number of ether oxygens (including phenoxy) is 1. The van der Waals surface area contributed by atoms with Gasteiger partial charge in [0.25, 0.3) is 5.91 Å². The SMILES string of the molecule is Cc1c(C(=O)Nc2ccc(OC(F)(F)F)cc2)nnn1C1CCNCC1. The maximum atomic E-state index is 12.4. The van der Waals surface area contributed by atoms with Crippen molar-refractivity contribution < 1.29 is 22.7 Å². The number of alkyl halides is 3. The molecule has 0 radical (unpaired) electrons. The first-order valence-corrected chi connectivity index (χ1v) is 8.13. The summed E-state index contributed by atoms with van der Waals surface area (Å²) in [4.78, 5) is 12.4. The number of anilines is 1.